The van der Waals surface area contributed by atoms with E-state index >= 15 is 0 Å². The molecule has 2 aromatic rings. The van der Waals surface area contributed by atoms with Crippen molar-refractivity contribution in [3.8, 4) is 5.75 Å². The van der Waals surface area contributed by atoms with Gasteiger partial charge >= 0.3 is 31.1 Å². The number of nitrogens with zero attached hydrogens (tertiary/aromatic N) is 2. The summed E-state index contributed by atoms with van der Waals surface area (Å²) in [6, 6.07) is 8.84. The Morgan fingerprint density at radius 3 is 2.51 bits per heavy atom. The van der Waals surface area contributed by atoms with Gasteiger partial charge in [0, 0.05) is 12.6 Å². The number of aromatic nitrogens is 2. The Bertz CT molecular complexity index is 1300. The number of aliphatic hydroxyl groups is 1. The number of nitrogen functional groups attached to an aromatic ring is 1. The number of halogens is 2. The van der Waals surface area contributed by atoms with Gasteiger partial charge in [-0.1, -0.05) is 18.2 Å². The number of ether oxygens (including phenoxy) is 3. The summed E-state index contributed by atoms with van der Waals surface area (Å²) in [7, 11) is -4.37. The number of carbonyl (C=O) groups is 2. The molecule has 1 aliphatic heterocycles. The molecular weight excluding hydrogens is 571 g/mol. The average Bonchev–Trinajstić information content (AvgIpc) is 3.14. The Kier molecular flexibility index (Phi) is 11.0. The molecule has 0 radical (unpaired) electrons. The molecule has 1 saturated heterocycles. The molecule has 0 amide bonds. The zero-order valence-electron chi connectivity index (χ0n) is 22.4. The highest BCUT2D eigenvalue weighted by Crippen LogP contribution is 2.52. The molecule has 3 rings (SSSR count). The molecule has 1 aliphatic rings. The molecule has 1 fully saturated rings. The molecule has 0 saturated carbocycles. The smallest absolute Gasteiger partial charge is 0.380 e. The van der Waals surface area contributed by atoms with Crippen LogP contribution in [0, 0.1) is 5.92 Å². The summed E-state index contributed by atoms with van der Waals surface area (Å²) in [6.07, 6.45) is -6.50. The summed E-state index contributed by atoms with van der Waals surface area (Å²) in [5.41, 5.74) is 4.28. The predicted molar refractivity (Wildman–Crippen MR) is 139 cm³/mol. The second-order valence-corrected chi connectivity index (χ2v) is 11.0. The second kappa shape index (κ2) is 14.0. The molecule has 5 unspecified atom stereocenters. The van der Waals surface area contributed by atoms with E-state index in [4.69, 9.17) is 29.0 Å². The Morgan fingerprint density at radius 1 is 1.20 bits per heavy atom. The highest BCUT2D eigenvalue weighted by atomic mass is 31.2. The van der Waals surface area contributed by atoms with Crippen molar-refractivity contribution in [1.82, 2.24) is 9.55 Å². The quantitative estimate of drug-likeness (QED) is 0.239. The minimum absolute atomic E-state index is 0.00260. The fourth-order valence-corrected chi connectivity index (χ4v) is 5.92. The third-order valence-electron chi connectivity index (χ3n) is 5.97. The van der Waals surface area contributed by atoms with E-state index in [1.165, 1.54) is 12.1 Å². The van der Waals surface area contributed by atoms with Crippen LogP contribution in [0.15, 0.2) is 47.4 Å². The lowest BCUT2D eigenvalue weighted by molar-refractivity contribution is -0.148. The number of nitrogens with two attached hydrogens (primary N) is 1. The number of alkyl halides is 2. The van der Waals surface area contributed by atoms with Crippen LogP contribution in [0.25, 0.3) is 0 Å². The van der Waals surface area contributed by atoms with E-state index in [0.29, 0.717) is 4.57 Å². The van der Waals surface area contributed by atoms with Crippen LogP contribution < -0.4 is 15.9 Å². The van der Waals surface area contributed by atoms with Crippen molar-refractivity contribution < 1.29 is 51.3 Å². The molecule has 1 aromatic heterocycles. The zero-order valence-corrected chi connectivity index (χ0v) is 23.3. The molecule has 5 atom stereocenters. The van der Waals surface area contributed by atoms with Crippen LogP contribution in [0.2, 0.25) is 0 Å². The van der Waals surface area contributed by atoms with Crippen molar-refractivity contribution in [2.45, 2.75) is 51.0 Å². The Labute approximate surface area is 234 Å². The summed E-state index contributed by atoms with van der Waals surface area (Å²) in [5, 5.41) is 10.3. The van der Waals surface area contributed by atoms with Gasteiger partial charge in [0.1, 0.15) is 17.7 Å². The average molecular weight is 604 g/mol. The number of para-hydroxylation sites is 1. The number of anilines is 1. The fourth-order valence-electron chi connectivity index (χ4n) is 3.99. The van der Waals surface area contributed by atoms with Crippen LogP contribution in [-0.2, 0) is 32.9 Å². The van der Waals surface area contributed by atoms with Crippen LogP contribution in [0.4, 0.5) is 14.6 Å². The Morgan fingerprint density at radius 2 is 1.88 bits per heavy atom. The summed E-state index contributed by atoms with van der Waals surface area (Å²) >= 11 is 0. The number of rotatable bonds is 14. The van der Waals surface area contributed by atoms with Crippen molar-refractivity contribution in [1.29, 1.82) is 0 Å². The zero-order chi connectivity index (χ0) is 30.2. The fraction of sp³-hybridized carbons (Fsp3) is 0.520. The first-order chi connectivity index (χ1) is 19.4. The third-order valence-corrected chi connectivity index (χ3v) is 7.89. The second-order valence-electron chi connectivity index (χ2n) is 8.97. The molecule has 0 bridgehead atoms. The van der Waals surface area contributed by atoms with Gasteiger partial charge in [0.05, 0.1) is 31.9 Å². The summed E-state index contributed by atoms with van der Waals surface area (Å²) in [6.45, 7) is 2.42. The maximum absolute atomic E-state index is 15.0. The minimum Gasteiger partial charge on any atom is -0.466 e. The van der Waals surface area contributed by atoms with E-state index in [2.05, 4.69) is 4.98 Å². The molecule has 16 heteroatoms. The molecular formula is C25H32F2N3O10P. The molecule has 0 aliphatic carbocycles. The largest absolute Gasteiger partial charge is 0.466 e. The van der Waals surface area contributed by atoms with Gasteiger partial charge in [-0.15, -0.1) is 0 Å². The first-order valence-electron chi connectivity index (χ1n) is 12.8. The van der Waals surface area contributed by atoms with Gasteiger partial charge in [-0.05, 0) is 38.5 Å². The van der Waals surface area contributed by atoms with Crippen molar-refractivity contribution in [2.24, 2.45) is 5.92 Å². The number of benzene rings is 1. The standard InChI is InChI=1S/C25H32F2N3O10P/c1-3-36-20(31)11-10-16(22(33)37-4-2)15-41(35,40-17-8-6-5-7-9-17)38-14-18-21(32)25(26,27)23(39-18)30-13-12-19(28)29-24(30)34/h5-9,12-13,16,18,21,23,32H,3-4,10-11,14-15H2,1-2H3,(H2,28,29,34). The highest BCUT2D eigenvalue weighted by Gasteiger charge is 2.60. The van der Waals surface area contributed by atoms with Gasteiger partial charge in [0.25, 0.3) is 0 Å². The molecule has 13 nitrogen and oxygen atoms in total. The maximum Gasteiger partial charge on any atom is 0.380 e. The Hall–Kier alpha value is -3.39. The lowest BCUT2D eigenvalue weighted by Crippen LogP contribution is -2.42. The van der Waals surface area contributed by atoms with Crippen molar-refractivity contribution >= 4 is 25.4 Å². The normalized spacial score (nSPS) is 21.9. The summed E-state index contributed by atoms with van der Waals surface area (Å²) in [5.74, 6) is -6.63. The number of carbonyl (C=O) groups excluding carboxylic acids is 2. The van der Waals surface area contributed by atoms with Gasteiger partial charge in [-0.25, -0.2) is 9.36 Å². The van der Waals surface area contributed by atoms with E-state index < -0.39 is 68.3 Å². The summed E-state index contributed by atoms with van der Waals surface area (Å²) in [4.78, 5) is 40.1. The van der Waals surface area contributed by atoms with Crippen LogP contribution in [0.3, 0.4) is 0 Å². The van der Waals surface area contributed by atoms with Gasteiger partial charge < -0.3 is 29.6 Å². The first-order valence-corrected chi connectivity index (χ1v) is 14.5. The van der Waals surface area contributed by atoms with Crippen LogP contribution in [-0.4, -0.2) is 70.7 Å². The molecule has 226 valence electrons. The molecule has 41 heavy (non-hydrogen) atoms. The molecule has 2 heterocycles. The molecule has 0 spiro atoms. The van der Waals surface area contributed by atoms with Crippen molar-refractivity contribution in [3.63, 3.8) is 0 Å². The predicted octanol–water partition coefficient (Wildman–Crippen LogP) is 2.53. The lowest BCUT2D eigenvalue weighted by atomic mass is 10.1. The minimum atomic E-state index is -4.37. The third kappa shape index (κ3) is 8.32. The topological polar surface area (TPSA) is 178 Å². The lowest BCUT2D eigenvalue weighted by Gasteiger charge is -2.25. The van der Waals surface area contributed by atoms with Gasteiger partial charge in [-0.2, -0.15) is 13.8 Å². The number of hydrogen-bond donors (Lipinski definition) is 2. The van der Waals surface area contributed by atoms with Crippen LogP contribution >= 0.6 is 7.60 Å². The van der Waals surface area contributed by atoms with Crippen LogP contribution in [0.1, 0.15) is 32.9 Å². The SMILES string of the molecule is CCOC(=O)CCC(CP(=O)(OCC1OC(n2ccc(N)nc2=O)C(F)(F)C1O)Oc1ccccc1)C(=O)OCC. The van der Waals surface area contributed by atoms with Gasteiger partial charge in [-0.3, -0.25) is 18.7 Å². The Balaban J connectivity index is 1.84. The van der Waals surface area contributed by atoms with Gasteiger partial charge in [0.15, 0.2) is 6.10 Å². The number of esters is 2. The van der Waals surface area contributed by atoms with Gasteiger partial charge in [0.2, 0.25) is 6.23 Å². The van der Waals surface area contributed by atoms with E-state index in [0.717, 1.165) is 12.3 Å². The number of aliphatic hydroxyl groups excluding tert-OH is 1. The molecule has 3 N–H and O–H groups in total. The summed E-state index contributed by atoms with van der Waals surface area (Å²) < 4.78 is 70.7. The van der Waals surface area contributed by atoms with Crippen LogP contribution in [0.5, 0.6) is 5.75 Å². The van der Waals surface area contributed by atoms with Crippen molar-refractivity contribution in [2.75, 3.05) is 31.7 Å². The first kappa shape index (κ1) is 32.1. The van der Waals surface area contributed by atoms with E-state index in [-0.39, 0.29) is 37.6 Å². The monoisotopic (exact) mass is 603 g/mol. The highest BCUT2D eigenvalue weighted by molar-refractivity contribution is 7.54. The van der Waals surface area contributed by atoms with E-state index in [9.17, 15) is 32.8 Å². The van der Waals surface area contributed by atoms with E-state index in [1.807, 2.05) is 0 Å². The molecule has 1 aromatic carbocycles. The number of hydrogen-bond acceptors (Lipinski definition) is 12. The van der Waals surface area contributed by atoms with E-state index in [1.54, 1.807) is 32.0 Å². The van der Waals surface area contributed by atoms with Crippen molar-refractivity contribution in [3.05, 3.63) is 53.1 Å². The maximum atomic E-state index is 15.0.